The third-order valence-corrected chi connectivity index (χ3v) is 11.9. The molecule has 1 atom stereocenters. The number of unbranched alkanes of at least 4 members (excludes halogenated alkanes) is 1. The first-order valence-electron chi connectivity index (χ1n) is 18.2. The summed E-state index contributed by atoms with van der Waals surface area (Å²) < 4.78 is 47.4. The fourth-order valence-electron chi connectivity index (χ4n) is 9.26. The zero-order chi connectivity index (χ0) is 34.9. The van der Waals surface area contributed by atoms with Gasteiger partial charge in [-0.3, -0.25) is 4.68 Å². The molecule has 0 saturated heterocycles. The lowest BCUT2D eigenvalue weighted by atomic mass is 9.65. The topological polar surface area (TPSA) is 25.6 Å². The van der Waals surface area contributed by atoms with E-state index in [2.05, 4.69) is 92.3 Å². The highest BCUT2D eigenvalue weighted by molar-refractivity contribution is 6.02. The highest BCUT2D eigenvalue weighted by Gasteiger charge is 2.51. The maximum Gasteiger partial charge on any atom is 0.435 e. The van der Waals surface area contributed by atoms with Crippen molar-refractivity contribution in [3.63, 3.8) is 0 Å². The average Bonchev–Trinajstić information content (AvgIpc) is 3.44. The molecule has 0 fully saturated rings. The van der Waals surface area contributed by atoms with Crippen LogP contribution in [-0.2, 0) is 43.6 Å². The standard InChI is InChI=1S/C42H49F3N4/c1-8-12-15-28-18-20-32-36-31(28)21-23-49-39(36)37-30(19-17-27(9-2)38(37)40(32,5)6)29(25-41(49,10-3)11-4)26-48-22-14-13-16-33(48)34-24-35(42(43,44)45)46-47(34)7/h13-14,16-24,29H,8-12,15,25-26H2,1-7H3/q+2. The smallest absolute Gasteiger partial charge is 0.261 e. The van der Waals surface area contributed by atoms with Crippen LogP contribution in [0.4, 0.5) is 13.2 Å². The molecule has 1 aliphatic carbocycles. The second kappa shape index (κ2) is 12.1. The first-order valence-corrected chi connectivity index (χ1v) is 18.2. The molecule has 4 nitrogen and oxygen atoms in total. The van der Waals surface area contributed by atoms with Crippen molar-refractivity contribution in [3.8, 4) is 22.6 Å². The Morgan fingerprint density at radius 1 is 0.939 bits per heavy atom. The van der Waals surface area contributed by atoms with Gasteiger partial charge in [0.05, 0.1) is 16.9 Å². The summed E-state index contributed by atoms with van der Waals surface area (Å²) in [6.45, 7) is 14.6. The molecule has 5 aromatic rings. The molecule has 0 amide bonds. The molecular weight excluding hydrogens is 617 g/mol. The monoisotopic (exact) mass is 666 g/mol. The van der Waals surface area contributed by atoms with Crippen LogP contribution in [0.1, 0.15) is 113 Å². The normalized spacial score (nSPS) is 17.4. The lowest BCUT2D eigenvalue weighted by Crippen LogP contribution is -2.57. The molecule has 0 saturated carbocycles. The first kappa shape index (κ1) is 33.5. The number of hydrogen-bond donors (Lipinski definition) is 0. The number of alkyl halides is 3. The van der Waals surface area contributed by atoms with Gasteiger partial charge in [-0.25, -0.2) is 0 Å². The van der Waals surface area contributed by atoms with Gasteiger partial charge in [0.25, 0.3) is 0 Å². The van der Waals surface area contributed by atoms with Crippen molar-refractivity contribution < 1.29 is 22.3 Å². The van der Waals surface area contributed by atoms with Crippen molar-refractivity contribution in [3.05, 3.63) is 101 Å². The molecule has 2 aromatic carbocycles. The molecule has 0 N–H and O–H groups in total. The van der Waals surface area contributed by atoms with Crippen LogP contribution in [-0.4, -0.2) is 9.78 Å². The van der Waals surface area contributed by atoms with Gasteiger partial charge in [0.1, 0.15) is 5.69 Å². The van der Waals surface area contributed by atoms with Crippen molar-refractivity contribution in [1.29, 1.82) is 0 Å². The summed E-state index contributed by atoms with van der Waals surface area (Å²) in [7, 11) is 1.60. The third-order valence-electron chi connectivity index (χ3n) is 11.9. The average molecular weight is 667 g/mol. The van der Waals surface area contributed by atoms with E-state index in [1.165, 1.54) is 60.6 Å². The van der Waals surface area contributed by atoms with Gasteiger partial charge in [-0.05, 0) is 58.5 Å². The summed E-state index contributed by atoms with van der Waals surface area (Å²) >= 11 is 0. The van der Waals surface area contributed by atoms with E-state index in [1.54, 1.807) is 7.05 Å². The van der Waals surface area contributed by atoms with Crippen LogP contribution in [0.15, 0.2) is 67.0 Å². The van der Waals surface area contributed by atoms with E-state index in [-0.39, 0.29) is 16.9 Å². The fraction of sp³-hybridized carbons (Fsp3) is 0.452. The van der Waals surface area contributed by atoms with Gasteiger partial charge < -0.3 is 0 Å². The molecule has 1 aliphatic heterocycles. The number of pyridine rings is 2. The maximum atomic E-state index is 13.8. The number of benzene rings is 2. The number of hydrogen-bond acceptors (Lipinski definition) is 1. The van der Waals surface area contributed by atoms with E-state index in [0.29, 0.717) is 12.2 Å². The van der Waals surface area contributed by atoms with Crippen LogP contribution in [0.5, 0.6) is 0 Å². The number of aryl methyl sites for hydroxylation is 3. The molecule has 49 heavy (non-hydrogen) atoms. The minimum absolute atomic E-state index is 0.122. The molecule has 4 heterocycles. The Hall–Kier alpha value is -4.00. The molecule has 0 bridgehead atoms. The molecule has 0 spiro atoms. The van der Waals surface area contributed by atoms with Crippen LogP contribution < -0.4 is 9.13 Å². The molecule has 2 aliphatic rings. The highest BCUT2D eigenvalue weighted by atomic mass is 19.4. The minimum atomic E-state index is -4.51. The molecule has 1 unspecified atom stereocenters. The summed E-state index contributed by atoms with van der Waals surface area (Å²) in [5.74, 6) is 0.122. The Balaban J connectivity index is 1.51. The van der Waals surface area contributed by atoms with Gasteiger partial charge in [0.15, 0.2) is 30.2 Å². The van der Waals surface area contributed by atoms with Crippen LogP contribution in [0, 0.1) is 0 Å². The Kier molecular flexibility index (Phi) is 8.27. The van der Waals surface area contributed by atoms with Gasteiger partial charge in [-0.1, -0.05) is 72.2 Å². The molecule has 256 valence electrons. The van der Waals surface area contributed by atoms with Gasteiger partial charge in [0, 0.05) is 56.0 Å². The minimum Gasteiger partial charge on any atom is -0.261 e. The lowest BCUT2D eigenvalue weighted by molar-refractivity contribution is -0.758. The molecular formula is C42H49F3N4+2. The second-order valence-corrected chi connectivity index (χ2v) is 14.8. The quantitative estimate of drug-likeness (QED) is 0.144. The van der Waals surface area contributed by atoms with Crippen LogP contribution >= 0.6 is 0 Å². The van der Waals surface area contributed by atoms with Crippen LogP contribution in [0.2, 0.25) is 0 Å². The van der Waals surface area contributed by atoms with Crippen molar-refractivity contribution in [2.75, 3.05) is 0 Å². The summed E-state index contributed by atoms with van der Waals surface area (Å²) in [6.07, 6.45) is 7.11. The maximum absolute atomic E-state index is 13.8. The Labute approximate surface area is 288 Å². The summed E-state index contributed by atoms with van der Waals surface area (Å²) in [6, 6.07) is 18.9. The van der Waals surface area contributed by atoms with Gasteiger partial charge in [-0.2, -0.15) is 27.4 Å². The number of nitrogens with zero attached hydrogens (tertiary/aromatic N) is 4. The van der Waals surface area contributed by atoms with E-state index < -0.39 is 11.9 Å². The molecule has 0 radical (unpaired) electrons. The van der Waals surface area contributed by atoms with Crippen LogP contribution in [0.3, 0.4) is 0 Å². The zero-order valence-corrected chi connectivity index (χ0v) is 30.0. The molecule has 3 aromatic heterocycles. The van der Waals surface area contributed by atoms with Crippen molar-refractivity contribution in [2.45, 2.75) is 116 Å². The van der Waals surface area contributed by atoms with Crippen molar-refractivity contribution in [2.24, 2.45) is 7.05 Å². The Morgan fingerprint density at radius 2 is 1.69 bits per heavy atom. The number of rotatable bonds is 9. The molecule has 7 rings (SSSR count). The number of halogens is 3. The number of aromatic nitrogens is 4. The second-order valence-electron chi connectivity index (χ2n) is 14.8. The third kappa shape index (κ3) is 5.13. The summed E-state index contributed by atoms with van der Waals surface area (Å²) in [4.78, 5) is 0. The van der Waals surface area contributed by atoms with Gasteiger partial charge in [-0.15, -0.1) is 0 Å². The van der Waals surface area contributed by atoms with E-state index >= 15 is 0 Å². The molecule has 7 heteroatoms. The van der Waals surface area contributed by atoms with E-state index in [0.717, 1.165) is 50.6 Å². The zero-order valence-electron chi connectivity index (χ0n) is 30.0. The Bertz CT molecular complexity index is 2070. The lowest BCUT2D eigenvalue weighted by Gasteiger charge is -2.37. The highest BCUT2D eigenvalue weighted by Crippen LogP contribution is 2.54. The summed E-state index contributed by atoms with van der Waals surface area (Å²) in [5, 5.41) is 6.63. The summed E-state index contributed by atoms with van der Waals surface area (Å²) in [5.41, 5.74) is 9.70. The first-order chi connectivity index (χ1) is 23.4. The largest absolute Gasteiger partial charge is 0.435 e. The van der Waals surface area contributed by atoms with Crippen molar-refractivity contribution >= 4 is 10.8 Å². The fourth-order valence-corrected chi connectivity index (χ4v) is 9.26. The van der Waals surface area contributed by atoms with Gasteiger partial charge in [0.2, 0.25) is 11.4 Å². The van der Waals surface area contributed by atoms with Crippen LogP contribution in [0.25, 0.3) is 33.4 Å². The Morgan fingerprint density at radius 3 is 2.37 bits per heavy atom. The predicted molar refractivity (Wildman–Crippen MR) is 189 cm³/mol. The van der Waals surface area contributed by atoms with E-state index in [4.69, 9.17) is 0 Å². The van der Waals surface area contributed by atoms with Crippen molar-refractivity contribution in [1.82, 2.24) is 9.78 Å². The van der Waals surface area contributed by atoms with E-state index in [9.17, 15) is 13.2 Å². The SMILES string of the molecule is CCCCc1ccc2c3c4[n+](ccc13)C(CC)(CC)CC(C[n+]1ccccc1-c1cc(C(F)(F)F)nn1C)c1ccc(CC)c(c1-4)C2(C)C. The predicted octanol–water partition coefficient (Wildman–Crippen LogP) is 9.75. The van der Waals surface area contributed by atoms with Gasteiger partial charge >= 0.3 is 6.18 Å². The van der Waals surface area contributed by atoms with E-state index in [1.807, 2.05) is 24.4 Å².